The van der Waals surface area contributed by atoms with E-state index in [4.69, 9.17) is 17.0 Å². The van der Waals surface area contributed by atoms with Crippen LogP contribution in [-0.4, -0.2) is 30.8 Å². The van der Waals surface area contributed by atoms with Crippen molar-refractivity contribution in [3.05, 3.63) is 53.5 Å². The molecule has 0 radical (unpaired) electrons. The normalized spacial score (nSPS) is 10.9. The Balaban J connectivity index is 1.66. The van der Waals surface area contributed by atoms with Gasteiger partial charge in [-0.2, -0.15) is 0 Å². The van der Waals surface area contributed by atoms with Crippen LogP contribution in [0.15, 0.2) is 53.4 Å². The first kappa shape index (κ1) is 20.0. The molecular weight excluding hydrogens is 418 g/mol. The van der Waals surface area contributed by atoms with Crippen molar-refractivity contribution >= 4 is 55.2 Å². The van der Waals surface area contributed by atoms with E-state index in [2.05, 4.69) is 25.6 Å². The number of rotatable bonds is 6. The van der Waals surface area contributed by atoms with Crippen LogP contribution < -0.4 is 20.1 Å². The van der Waals surface area contributed by atoms with E-state index in [1.807, 2.05) is 24.3 Å². The molecule has 0 fully saturated rings. The van der Waals surface area contributed by atoms with Gasteiger partial charge in [-0.15, -0.1) is 10.2 Å². The number of benzene rings is 2. The molecule has 3 aromatic rings. The Kier molecular flexibility index (Phi) is 6.07. The summed E-state index contributed by atoms with van der Waals surface area (Å²) in [4.78, 5) is 0.106. The molecule has 0 spiro atoms. The van der Waals surface area contributed by atoms with Gasteiger partial charge in [0.15, 0.2) is 5.11 Å². The van der Waals surface area contributed by atoms with Crippen LogP contribution in [0.4, 0.5) is 16.5 Å². The highest BCUT2D eigenvalue weighted by molar-refractivity contribution is 7.93. The Morgan fingerprint density at radius 2 is 1.79 bits per heavy atom. The van der Waals surface area contributed by atoms with Crippen molar-refractivity contribution in [2.45, 2.75) is 11.8 Å². The zero-order valence-corrected chi connectivity index (χ0v) is 17.4. The molecule has 0 bridgehead atoms. The molecule has 8 nitrogen and oxygen atoms in total. The second-order valence-electron chi connectivity index (χ2n) is 5.54. The first-order valence-electron chi connectivity index (χ1n) is 8.01. The van der Waals surface area contributed by atoms with Gasteiger partial charge in [-0.25, -0.2) is 8.42 Å². The van der Waals surface area contributed by atoms with Gasteiger partial charge in [0, 0.05) is 5.69 Å². The molecule has 0 saturated carbocycles. The van der Waals surface area contributed by atoms with E-state index in [1.165, 1.54) is 12.1 Å². The van der Waals surface area contributed by atoms with Crippen molar-refractivity contribution in [3.8, 4) is 5.75 Å². The second kappa shape index (κ2) is 8.50. The molecular formula is C17H17N5O3S3. The summed E-state index contributed by atoms with van der Waals surface area (Å²) in [5, 5.41) is 14.8. The van der Waals surface area contributed by atoms with Crippen LogP contribution in [0.3, 0.4) is 0 Å². The number of sulfonamides is 1. The van der Waals surface area contributed by atoms with Gasteiger partial charge in [0.25, 0.3) is 10.0 Å². The van der Waals surface area contributed by atoms with Crippen molar-refractivity contribution in [1.29, 1.82) is 0 Å². The minimum atomic E-state index is -3.74. The monoisotopic (exact) mass is 435 g/mol. The summed E-state index contributed by atoms with van der Waals surface area (Å²) in [6.07, 6.45) is 0. The number of thiocarbonyl (C=S) groups is 1. The SMILES string of the molecule is COc1ccccc1NC(=S)Nc1ccc(S(=O)(=O)Nc2nnc(C)s2)cc1. The first-order chi connectivity index (χ1) is 13.4. The number of methoxy groups -OCH3 is 1. The Hall–Kier alpha value is -2.76. The first-order valence-corrected chi connectivity index (χ1v) is 10.7. The molecule has 0 atom stereocenters. The number of nitrogens with zero attached hydrogens (tertiary/aromatic N) is 2. The molecule has 1 aromatic heterocycles. The fourth-order valence-electron chi connectivity index (χ4n) is 2.26. The highest BCUT2D eigenvalue weighted by Crippen LogP contribution is 2.24. The van der Waals surface area contributed by atoms with Crippen LogP contribution in [0, 0.1) is 6.92 Å². The Morgan fingerprint density at radius 3 is 2.43 bits per heavy atom. The van der Waals surface area contributed by atoms with E-state index < -0.39 is 10.0 Å². The quantitative estimate of drug-likeness (QED) is 0.506. The van der Waals surface area contributed by atoms with Crippen molar-refractivity contribution in [1.82, 2.24) is 10.2 Å². The highest BCUT2D eigenvalue weighted by Gasteiger charge is 2.16. The molecule has 0 amide bonds. The molecule has 0 aliphatic heterocycles. The van der Waals surface area contributed by atoms with Gasteiger partial charge in [-0.3, -0.25) is 4.72 Å². The fraction of sp³-hybridized carbons (Fsp3) is 0.118. The summed E-state index contributed by atoms with van der Waals surface area (Å²) in [6.45, 7) is 1.75. The van der Waals surface area contributed by atoms with Gasteiger partial charge in [0.05, 0.1) is 17.7 Å². The zero-order chi connectivity index (χ0) is 20.1. The minimum Gasteiger partial charge on any atom is -0.495 e. The molecule has 3 N–H and O–H groups in total. The van der Waals surface area contributed by atoms with Crippen LogP contribution in [0.1, 0.15) is 5.01 Å². The lowest BCUT2D eigenvalue weighted by Crippen LogP contribution is -2.19. The Morgan fingerprint density at radius 1 is 1.07 bits per heavy atom. The lowest BCUT2D eigenvalue weighted by molar-refractivity contribution is 0.417. The molecule has 0 unspecified atom stereocenters. The van der Waals surface area contributed by atoms with Gasteiger partial charge in [0.2, 0.25) is 5.13 Å². The molecule has 0 aliphatic rings. The van der Waals surface area contributed by atoms with Crippen molar-refractivity contribution < 1.29 is 13.2 Å². The van der Waals surface area contributed by atoms with Crippen LogP contribution in [0.5, 0.6) is 5.75 Å². The van der Waals surface area contributed by atoms with Crippen LogP contribution in [0.2, 0.25) is 0 Å². The summed E-state index contributed by atoms with van der Waals surface area (Å²) in [5.74, 6) is 0.658. The molecule has 28 heavy (non-hydrogen) atoms. The van der Waals surface area contributed by atoms with E-state index in [0.29, 0.717) is 21.6 Å². The highest BCUT2D eigenvalue weighted by atomic mass is 32.2. The van der Waals surface area contributed by atoms with E-state index in [9.17, 15) is 8.42 Å². The summed E-state index contributed by atoms with van der Waals surface area (Å²) in [5.41, 5.74) is 1.36. The average molecular weight is 436 g/mol. The van der Waals surface area contributed by atoms with Gasteiger partial charge >= 0.3 is 0 Å². The van der Waals surface area contributed by atoms with Crippen molar-refractivity contribution in [2.75, 3.05) is 22.5 Å². The molecule has 11 heteroatoms. The predicted molar refractivity (Wildman–Crippen MR) is 115 cm³/mol. The molecule has 0 aliphatic carbocycles. The van der Waals surface area contributed by atoms with Gasteiger partial charge in [0.1, 0.15) is 10.8 Å². The Labute approximate surface area is 172 Å². The van der Waals surface area contributed by atoms with Crippen LogP contribution in [-0.2, 0) is 10.0 Å². The number of nitrogens with one attached hydrogen (secondary N) is 3. The third-order valence-corrected chi connectivity index (χ3v) is 5.97. The van der Waals surface area contributed by atoms with Crippen molar-refractivity contribution in [2.24, 2.45) is 0 Å². The van der Waals surface area contributed by atoms with E-state index >= 15 is 0 Å². The largest absolute Gasteiger partial charge is 0.495 e. The predicted octanol–water partition coefficient (Wildman–Crippen LogP) is 3.46. The molecule has 3 rings (SSSR count). The average Bonchev–Trinajstić information content (AvgIpc) is 3.06. The summed E-state index contributed by atoms with van der Waals surface area (Å²) < 4.78 is 32.5. The van der Waals surface area contributed by atoms with E-state index in [-0.39, 0.29) is 10.0 Å². The number of para-hydroxylation sites is 2. The minimum absolute atomic E-state index is 0.106. The number of hydrogen-bond donors (Lipinski definition) is 3. The summed E-state index contributed by atoms with van der Waals surface area (Å²) in [7, 11) is -2.16. The molecule has 1 heterocycles. The fourth-order valence-corrected chi connectivity index (χ4v) is 4.31. The topological polar surface area (TPSA) is 105 Å². The smallest absolute Gasteiger partial charge is 0.263 e. The number of aromatic nitrogens is 2. The van der Waals surface area contributed by atoms with E-state index in [0.717, 1.165) is 17.0 Å². The van der Waals surface area contributed by atoms with Crippen LogP contribution in [0.25, 0.3) is 0 Å². The van der Waals surface area contributed by atoms with Crippen LogP contribution >= 0.6 is 23.6 Å². The van der Waals surface area contributed by atoms with Gasteiger partial charge < -0.3 is 15.4 Å². The number of anilines is 3. The maximum atomic E-state index is 12.4. The molecule has 2 aromatic carbocycles. The molecule has 0 saturated heterocycles. The van der Waals surface area contributed by atoms with Gasteiger partial charge in [-0.05, 0) is 55.5 Å². The third kappa shape index (κ3) is 4.94. The lowest BCUT2D eigenvalue weighted by Gasteiger charge is -2.13. The zero-order valence-electron chi connectivity index (χ0n) is 15.0. The standard InChI is InChI=1S/C17H17N5O3S3/c1-11-20-21-17(27-11)22-28(23,24)13-9-7-12(8-10-13)18-16(26)19-14-5-3-4-6-15(14)25-2/h3-10H,1-2H3,(H,21,22)(H2,18,19,26). The second-order valence-corrected chi connectivity index (χ2v) is 8.81. The molecule has 146 valence electrons. The number of ether oxygens (including phenoxy) is 1. The maximum absolute atomic E-state index is 12.4. The third-order valence-electron chi connectivity index (χ3n) is 3.53. The maximum Gasteiger partial charge on any atom is 0.263 e. The lowest BCUT2D eigenvalue weighted by atomic mass is 10.3. The Bertz CT molecular complexity index is 1080. The van der Waals surface area contributed by atoms with Crippen molar-refractivity contribution in [3.63, 3.8) is 0 Å². The number of aryl methyl sites for hydroxylation is 1. The number of hydrogen-bond acceptors (Lipinski definition) is 7. The van der Waals surface area contributed by atoms with E-state index in [1.54, 1.807) is 26.2 Å². The summed E-state index contributed by atoms with van der Waals surface area (Å²) in [6, 6.07) is 13.6. The van der Waals surface area contributed by atoms with Gasteiger partial charge in [-0.1, -0.05) is 23.5 Å². The summed E-state index contributed by atoms with van der Waals surface area (Å²) >= 11 is 6.46.